The maximum absolute atomic E-state index is 11.3. The van der Waals surface area contributed by atoms with E-state index in [1.165, 1.54) is 0 Å². The highest BCUT2D eigenvalue weighted by Gasteiger charge is 2.11. The zero-order valence-electron chi connectivity index (χ0n) is 8.83. The van der Waals surface area contributed by atoms with Gasteiger partial charge in [-0.3, -0.25) is 4.79 Å². The third-order valence-corrected chi connectivity index (χ3v) is 1.56. The number of rotatable bonds is 3. The molecule has 1 rings (SSSR count). The summed E-state index contributed by atoms with van der Waals surface area (Å²) in [4.78, 5) is 11.3. The van der Waals surface area contributed by atoms with Crippen molar-refractivity contribution in [3.05, 3.63) is 11.8 Å². The lowest BCUT2D eigenvalue weighted by Gasteiger charge is -1.93. The molecule has 0 aromatic carbocycles. The van der Waals surface area contributed by atoms with Gasteiger partial charge in [-0.25, -0.2) is 0 Å². The molecule has 1 aromatic heterocycles. The quantitative estimate of drug-likeness (QED) is 0.748. The van der Waals surface area contributed by atoms with Crippen molar-refractivity contribution in [2.45, 2.75) is 26.7 Å². The summed E-state index contributed by atoms with van der Waals surface area (Å²) in [5, 5.41) is 9.70. The van der Waals surface area contributed by atoms with Crippen LogP contribution in [0.25, 0.3) is 0 Å². The molecule has 0 aliphatic heterocycles. The summed E-state index contributed by atoms with van der Waals surface area (Å²) in [7, 11) is 0. The molecule has 1 heterocycles. The number of aromatic nitrogens is 2. The Morgan fingerprint density at radius 2 is 2.27 bits per heavy atom. The summed E-state index contributed by atoms with van der Waals surface area (Å²) in [5.74, 6) is 5.70. The first-order valence-electron chi connectivity index (χ1n) is 4.78. The van der Waals surface area contributed by atoms with Crippen molar-refractivity contribution in [2.75, 3.05) is 6.54 Å². The Morgan fingerprint density at radius 3 is 2.87 bits per heavy atom. The van der Waals surface area contributed by atoms with Gasteiger partial charge in [0, 0.05) is 13.3 Å². The molecule has 0 atom stereocenters. The van der Waals surface area contributed by atoms with Gasteiger partial charge in [-0.1, -0.05) is 12.8 Å². The van der Waals surface area contributed by atoms with Crippen LogP contribution in [0.4, 0.5) is 0 Å². The molecule has 0 aliphatic rings. The molecule has 1 N–H and O–H groups in total. The first-order valence-corrected chi connectivity index (χ1v) is 4.78. The van der Waals surface area contributed by atoms with E-state index in [0.717, 1.165) is 12.8 Å². The summed E-state index contributed by atoms with van der Waals surface area (Å²) in [6.07, 6.45) is 1.86. The number of hydrogen-bond donors (Lipinski definition) is 1. The maximum atomic E-state index is 11.3. The third-order valence-electron chi connectivity index (χ3n) is 1.56. The van der Waals surface area contributed by atoms with Gasteiger partial charge in [0.1, 0.15) is 0 Å². The molecule has 80 valence electrons. The molecule has 15 heavy (non-hydrogen) atoms. The van der Waals surface area contributed by atoms with Crippen LogP contribution in [0, 0.1) is 18.8 Å². The highest BCUT2D eigenvalue weighted by Crippen LogP contribution is 1.96. The van der Waals surface area contributed by atoms with Crippen molar-refractivity contribution < 1.29 is 9.21 Å². The standard InChI is InChI=1S/C10H13N3O2/c1-3-4-5-6-7-11-9(14)10-13-12-8(2)15-10/h3-4,7H2,1-2H3,(H,11,14). The lowest BCUT2D eigenvalue weighted by atomic mass is 10.3. The summed E-state index contributed by atoms with van der Waals surface area (Å²) in [5.41, 5.74) is 0. The molecule has 0 saturated heterocycles. The van der Waals surface area contributed by atoms with Crippen molar-refractivity contribution in [1.29, 1.82) is 0 Å². The van der Waals surface area contributed by atoms with Gasteiger partial charge in [-0.05, 0) is 6.42 Å². The van der Waals surface area contributed by atoms with Gasteiger partial charge in [0.05, 0.1) is 6.54 Å². The van der Waals surface area contributed by atoms with Gasteiger partial charge in [0.25, 0.3) is 0 Å². The van der Waals surface area contributed by atoms with Crippen LogP contribution in [-0.2, 0) is 0 Å². The molecule has 0 saturated carbocycles. The number of nitrogens with zero attached hydrogens (tertiary/aromatic N) is 2. The second-order valence-electron chi connectivity index (χ2n) is 2.91. The Labute approximate surface area is 88.3 Å². The van der Waals surface area contributed by atoms with Crippen LogP contribution in [-0.4, -0.2) is 22.6 Å². The number of carbonyl (C=O) groups excluding carboxylic acids is 1. The van der Waals surface area contributed by atoms with E-state index >= 15 is 0 Å². The normalized spacial score (nSPS) is 9.20. The second-order valence-corrected chi connectivity index (χ2v) is 2.91. The molecule has 0 aliphatic carbocycles. The molecule has 1 aromatic rings. The summed E-state index contributed by atoms with van der Waals surface area (Å²) in [6.45, 7) is 3.99. The molecule has 0 spiro atoms. The number of amides is 1. The summed E-state index contributed by atoms with van der Waals surface area (Å²) >= 11 is 0. The molecular formula is C10H13N3O2. The lowest BCUT2D eigenvalue weighted by molar-refractivity contribution is 0.0923. The molecule has 5 heteroatoms. The number of nitrogens with one attached hydrogen (secondary N) is 1. The van der Waals surface area contributed by atoms with E-state index in [0.29, 0.717) is 12.4 Å². The van der Waals surface area contributed by atoms with Crippen molar-refractivity contribution in [2.24, 2.45) is 0 Å². The predicted octanol–water partition coefficient (Wildman–Crippen LogP) is 0.911. The van der Waals surface area contributed by atoms with Crippen LogP contribution < -0.4 is 5.32 Å². The lowest BCUT2D eigenvalue weighted by Crippen LogP contribution is -2.23. The monoisotopic (exact) mass is 207 g/mol. The first-order chi connectivity index (χ1) is 7.24. The molecule has 5 nitrogen and oxygen atoms in total. The van der Waals surface area contributed by atoms with E-state index in [1.807, 2.05) is 0 Å². The van der Waals surface area contributed by atoms with E-state index in [1.54, 1.807) is 6.92 Å². The van der Waals surface area contributed by atoms with Gasteiger partial charge in [0.15, 0.2) is 0 Å². The van der Waals surface area contributed by atoms with E-state index < -0.39 is 0 Å². The average molecular weight is 207 g/mol. The van der Waals surface area contributed by atoms with Crippen molar-refractivity contribution in [3.8, 4) is 11.8 Å². The van der Waals surface area contributed by atoms with Crippen LogP contribution >= 0.6 is 0 Å². The topological polar surface area (TPSA) is 68.0 Å². The van der Waals surface area contributed by atoms with Crippen LogP contribution in [0.5, 0.6) is 0 Å². The summed E-state index contributed by atoms with van der Waals surface area (Å²) < 4.78 is 4.94. The number of carbonyl (C=O) groups is 1. The average Bonchev–Trinajstić information content (AvgIpc) is 2.64. The largest absolute Gasteiger partial charge is 0.417 e. The van der Waals surface area contributed by atoms with Crippen LogP contribution in [0.1, 0.15) is 36.3 Å². The molecule has 0 bridgehead atoms. The first kappa shape index (κ1) is 11.2. The van der Waals surface area contributed by atoms with Crippen molar-refractivity contribution in [1.82, 2.24) is 15.5 Å². The Kier molecular flexibility index (Phi) is 4.35. The molecular weight excluding hydrogens is 194 g/mol. The van der Waals surface area contributed by atoms with E-state index in [9.17, 15) is 4.79 Å². The number of unbranched alkanes of at least 4 members (excludes halogenated alkanes) is 1. The molecule has 0 fully saturated rings. The van der Waals surface area contributed by atoms with Crippen LogP contribution in [0.3, 0.4) is 0 Å². The minimum absolute atomic E-state index is 0.0233. The third kappa shape index (κ3) is 3.81. The Morgan fingerprint density at radius 1 is 1.47 bits per heavy atom. The second kappa shape index (κ2) is 5.81. The van der Waals surface area contributed by atoms with Gasteiger partial charge in [0.2, 0.25) is 5.89 Å². The van der Waals surface area contributed by atoms with Crippen LogP contribution in [0.2, 0.25) is 0 Å². The molecule has 1 amide bonds. The van der Waals surface area contributed by atoms with Crippen LogP contribution in [0.15, 0.2) is 4.42 Å². The van der Waals surface area contributed by atoms with E-state index in [2.05, 4.69) is 34.3 Å². The number of hydrogen-bond acceptors (Lipinski definition) is 4. The van der Waals surface area contributed by atoms with E-state index in [-0.39, 0.29) is 11.8 Å². The highest BCUT2D eigenvalue weighted by atomic mass is 16.4. The van der Waals surface area contributed by atoms with Gasteiger partial charge in [-0.2, -0.15) is 0 Å². The van der Waals surface area contributed by atoms with Gasteiger partial charge < -0.3 is 9.73 Å². The smallest absolute Gasteiger partial charge is 0.309 e. The zero-order valence-corrected chi connectivity index (χ0v) is 8.83. The van der Waals surface area contributed by atoms with Gasteiger partial charge in [-0.15, -0.1) is 16.1 Å². The fourth-order valence-corrected chi connectivity index (χ4v) is 0.864. The van der Waals surface area contributed by atoms with E-state index in [4.69, 9.17) is 4.42 Å². The van der Waals surface area contributed by atoms with Gasteiger partial charge >= 0.3 is 11.8 Å². The zero-order chi connectivity index (χ0) is 11.1. The molecule has 0 radical (unpaired) electrons. The minimum atomic E-state index is -0.388. The highest BCUT2D eigenvalue weighted by molar-refractivity contribution is 5.89. The SMILES string of the molecule is CCCC#CCNC(=O)c1nnc(C)o1. The Hall–Kier alpha value is -1.83. The maximum Gasteiger partial charge on any atom is 0.309 e. The fraction of sp³-hybridized carbons (Fsp3) is 0.500. The van der Waals surface area contributed by atoms with Crippen molar-refractivity contribution >= 4 is 5.91 Å². The summed E-state index contributed by atoms with van der Waals surface area (Å²) in [6, 6.07) is 0. The molecule has 0 unspecified atom stereocenters. The number of aryl methyl sites for hydroxylation is 1. The predicted molar refractivity (Wildman–Crippen MR) is 54.1 cm³/mol. The minimum Gasteiger partial charge on any atom is -0.417 e. The fourth-order valence-electron chi connectivity index (χ4n) is 0.864. The Bertz CT molecular complexity index is 387. The van der Waals surface area contributed by atoms with Crippen molar-refractivity contribution in [3.63, 3.8) is 0 Å². The Balaban J connectivity index is 2.35.